The highest BCUT2D eigenvalue weighted by atomic mass is 16.6. The highest BCUT2D eigenvalue weighted by Crippen LogP contribution is 2.31. The zero-order valence-corrected chi connectivity index (χ0v) is 19.9. The molecule has 1 aromatic heterocycles. The van der Waals surface area contributed by atoms with E-state index < -0.39 is 6.04 Å². The third-order valence-electron chi connectivity index (χ3n) is 6.87. The van der Waals surface area contributed by atoms with Crippen LogP contribution in [0, 0.1) is 6.92 Å². The molecule has 3 saturated heterocycles. The normalized spacial score (nSPS) is 21.4. The molecule has 3 aliphatic rings. The van der Waals surface area contributed by atoms with Gasteiger partial charge in [0.15, 0.2) is 0 Å². The van der Waals surface area contributed by atoms with E-state index in [2.05, 4.69) is 5.32 Å². The Balaban J connectivity index is 1.40. The number of aromatic nitrogens is 1. The number of aryl methyl sites for hydroxylation is 1. The monoisotopic (exact) mass is 471 g/mol. The zero-order valence-electron chi connectivity index (χ0n) is 19.9. The molecule has 0 aromatic carbocycles. The summed E-state index contributed by atoms with van der Waals surface area (Å²) in [6, 6.07) is 3.29. The summed E-state index contributed by atoms with van der Waals surface area (Å²) in [5.74, 6) is -0.0687. The zero-order chi connectivity index (χ0) is 24.2. The number of carbonyl (C=O) groups is 4. The lowest BCUT2D eigenvalue weighted by Gasteiger charge is -2.36. The number of nitrogens with one attached hydrogen (secondary N) is 1. The molecule has 1 N–H and O–H groups in total. The van der Waals surface area contributed by atoms with Crippen molar-refractivity contribution in [2.75, 3.05) is 45.9 Å². The molecule has 0 radical (unpaired) electrons. The molecule has 4 amide bonds. The van der Waals surface area contributed by atoms with Crippen molar-refractivity contribution in [3.63, 3.8) is 0 Å². The standard InChI is InChI=1S/C24H33N5O5/c1-3-34-24(33)29-14-12-28(13-15-29)22(31)18-5-4-16(2)25-21(18)17-8-10-27(11-9-17)23(32)19-6-7-20(30)26-19/h4-5,17,19H,3,6-15H2,1-2H3,(H,26,30)/t19-/m0/s1. The molecule has 4 heterocycles. The van der Waals surface area contributed by atoms with Gasteiger partial charge in [-0.25, -0.2) is 4.79 Å². The molecule has 4 rings (SSSR count). The first-order valence-electron chi connectivity index (χ1n) is 12.1. The summed E-state index contributed by atoms with van der Waals surface area (Å²) in [7, 11) is 0. The molecule has 1 atom stereocenters. The van der Waals surface area contributed by atoms with Crippen molar-refractivity contribution in [1.82, 2.24) is 25.0 Å². The van der Waals surface area contributed by atoms with Gasteiger partial charge in [-0.15, -0.1) is 0 Å². The van der Waals surface area contributed by atoms with Gasteiger partial charge in [0.05, 0.1) is 17.9 Å². The Kier molecular flexibility index (Phi) is 7.33. The van der Waals surface area contributed by atoms with Gasteiger partial charge in [0.1, 0.15) is 6.04 Å². The van der Waals surface area contributed by atoms with Crippen LogP contribution in [0.15, 0.2) is 12.1 Å². The number of hydrogen-bond donors (Lipinski definition) is 1. The van der Waals surface area contributed by atoms with Crippen molar-refractivity contribution < 1.29 is 23.9 Å². The maximum Gasteiger partial charge on any atom is 0.409 e. The number of amides is 4. The van der Waals surface area contributed by atoms with E-state index in [1.54, 1.807) is 16.7 Å². The summed E-state index contributed by atoms with van der Waals surface area (Å²) in [6.07, 6.45) is 2.06. The molecule has 0 spiro atoms. The Hall–Kier alpha value is -3.17. The van der Waals surface area contributed by atoms with E-state index in [4.69, 9.17) is 9.72 Å². The number of likely N-dealkylation sites (tertiary alicyclic amines) is 1. The van der Waals surface area contributed by atoms with Crippen LogP contribution >= 0.6 is 0 Å². The second-order valence-corrected chi connectivity index (χ2v) is 9.12. The van der Waals surface area contributed by atoms with Gasteiger partial charge in [0.2, 0.25) is 11.8 Å². The number of piperidine rings is 1. The molecule has 0 aliphatic carbocycles. The van der Waals surface area contributed by atoms with Crippen LogP contribution in [-0.4, -0.2) is 95.4 Å². The Bertz CT molecular complexity index is 951. The highest BCUT2D eigenvalue weighted by molar-refractivity contribution is 5.95. The minimum absolute atomic E-state index is 0.0164. The maximum atomic E-state index is 13.4. The van der Waals surface area contributed by atoms with E-state index in [1.807, 2.05) is 24.0 Å². The van der Waals surface area contributed by atoms with E-state index in [1.165, 1.54) is 0 Å². The van der Waals surface area contributed by atoms with Gasteiger partial charge in [0, 0.05) is 57.3 Å². The van der Waals surface area contributed by atoms with E-state index in [9.17, 15) is 19.2 Å². The van der Waals surface area contributed by atoms with Crippen molar-refractivity contribution in [1.29, 1.82) is 0 Å². The van der Waals surface area contributed by atoms with E-state index in [0.29, 0.717) is 64.3 Å². The van der Waals surface area contributed by atoms with Gasteiger partial charge < -0.3 is 24.8 Å². The minimum atomic E-state index is -0.411. The quantitative estimate of drug-likeness (QED) is 0.708. The largest absolute Gasteiger partial charge is 0.450 e. The van der Waals surface area contributed by atoms with Crippen LogP contribution < -0.4 is 5.32 Å². The number of rotatable bonds is 4. The maximum absolute atomic E-state index is 13.4. The molecule has 184 valence electrons. The van der Waals surface area contributed by atoms with Gasteiger partial charge in [-0.1, -0.05) is 0 Å². The van der Waals surface area contributed by atoms with E-state index in [-0.39, 0.29) is 29.7 Å². The van der Waals surface area contributed by atoms with Crippen molar-refractivity contribution >= 4 is 23.8 Å². The molecule has 0 unspecified atom stereocenters. The molecule has 0 saturated carbocycles. The van der Waals surface area contributed by atoms with Gasteiger partial charge in [-0.3, -0.25) is 19.4 Å². The Labute approximate surface area is 199 Å². The van der Waals surface area contributed by atoms with Crippen LogP contribution in [0.3, 0.4) is 0 Å². The Morgan fingerprint density at radius 2 is 1.68 bits per heavy atom. The summed E-state index contributed by atoms with van der Waals surface area (Å²) < 4.78 is 5.06. The molecular weight excluding hydrogens is 438 g/mol. The van der Waals surface area contributed by atoms with Crippen molar-refractivity contribution in [2.24, 2.45) is 0 Å². The topological polar surface area (TPSA) is 112 Å². The van der Waals surface area contributed by atoms with Crippen LogP contribution in [0.2, 0.25) is 0 Å². The number of carbonyl (C=O) groups excluding carboxylic acids is 4. The van der Waals surface area contributed by atoms with Crippen LogP contribution in [0.5, 0.6) is 0 Å². The molecule has 10 heteroatoms. The Morgan fingerprint density at radius 1 is 1.00 bits per heavy atom. The second kappa shape index (κ2) is 10.4. The number of hydrogen-bond acceptors (Lipinski definition) is 6. The van der Waals surface area contributed by atoms with Crippen molar-refractivity contribution in [3.05, 3.63) is 29.1 Å². The average molecular weight is 472 g/mol. The average Bonchev–Trinajstić information content (AvgIpc) is 3.29. The third-order valence-corrected chi connectivity index (χ3v) is 6.87. The summed E-state index contributed by atoms with van der Waals surface area (Å²) in [5.41, 5.74) is 2.24. The molecule has 3 aliphatic heterocycles. The van der Waals surface area contributed by atoms with E-state index >= 15 is 0 Å². The van der Waals surface area contributed by atoms with Gasteiger partial charge in [-0.05, 0) is 45.2 Å². The predicted molar refractivity (Wildman–Crippen MR) is 123 cm³/mol. The van der Waals surface area contributed by atoms with Crippen LogP contribution in [-0.2, 0) is 14.3 Å². The smallest absolute Gasteiger partial charge is 0.409 e. The SMILES string of the molecule is CCOC(=O)N1CCN(C(=O)c2ccc(C)nc2C2CCN(C(=O)[C@@H]3CCC(=O)N3)CC2)CC1. The van der Waals surface area contributed by atoms with Gasteiger partial charge in [0.25, 0.3) is 5.91 Å². The molecule has 3 fully saturated rings. The summed E-state index contributed by atoms with van der Waals surface area (Å²) in [5, 5.41) is 2.75. The summed E-state index contributed by atoms with van der Waals surface area (Å²) in [4.78, 5) is 59.5. The molecular formula is C24H33N5O5. The van der Waals surface area contributed by atoms with Crippen LogP contribution in [0.25, 0.3) is 0 Å². The first-order chi connectivity index (χ1) is 16.4. The number of pyridine rings is 1. The summed E-state index contributed by atoms with van der Waals surface area (Å²) in [6.45, 7) is 6.96. The second-order valence-electron chi connectivity index (χ2n) is 9.12. The van der Waals surface area contributed by atoms with Crippen molar-refractivity contribution in [3.8, 4) is 0 Å². The lowest BCUT2D eigenvalue weighted by atomic mass is 9.89. The highest BCUT2D eigenvalue weighted by Gasteiger charge is 2.35. The molecule has 10 nitrogen and oxygen atoms in total. The first kappa shape index (κ1) is 24.0. The predicted octanol–water partition coefficient (Wildman–Crippen LogP) is 1.29. The lowest BCUT2D eigenvalue weighted by molar-refractivity contribution is -0.135. The fraction of sp³-hybridized carbons (Fsp3) is 0.625. The lowest BCUT2D eigenvalue weighted by Crippen LogP contribution is -2.51. The van der Waals surface area contributed by atoms with Crippen molar-refractivity contribution in [2.45, 2.75) is 51.5 Å². The number of piperazine rings is 1. The molecule has 1 aromatic rings. The molecule has 34 heavy (non-hydrogen) atoms. The van der Waals surface area contributed by atoms with Crippen LogP contribution in [0.1, 0.15) is 60.3 Å². The van der Waals surface area contributed by atoms with Gasteiger partial charge in [-0.2, -0.15) is 0 Å². The third kappa shape index (κ3) is 5.15. The minimum Gasteiger partial charge on any atom is -0.450 e. The first-order valence-corrected chi connectivity index (χ1v) is 12.1. The number of ether oxygens (including phenoxy) is 1. The Morgan fingerprint density at radius 3 is 2.29 bits per heavy atom. The summed E-state index contributed by atoms with van der Waals surface area (Å²) >= 11 is 0. The van der Waals surface area contributed by atoms with Gasteiger partial charge >= 0.3 is 6.09 Å². The van der Waals surface area contributed by atoms with Crippen LogP contribution in [0.4, 0.5) is 4.79 Å². The van der Waals surface area contributed by atoms with E-state index in [0.717, 1.165) is 24.2 Å². The number of nitrogens with zero attached hydrogens (tertiary/aromatic N) is 4. The fourth-order valence-electron chi connectivity index (χ4n) is 4.94. The fourth-order valence-corrected chi connectivity index (χ4v) is 4.94. The molecule has 0 bridgehead atoms.